The van der Waals surface area contributed by atoms with E-state index >= 15 is 0 Å². The Morgan fingerprint density at radius 2 is 1.80 bits per heavy atom. The van der Waals surface area contributed by atoms with Crippen molar-refractivity contribution in [3.8, 4) is 0 Å². The first-order chi connectivity index (χ1) is 4.43. The van der Waals surface area contributed by atoms with E-state index in [0.717, 1.165) is 4.55 Å². The van der Waals surface area contributed by atoms with Gasteiger partial charge in [-0.2, -0.15) is 0 Å². The molecule has 3 heteroatoms. The fourth-order valence-electron chi connectivity index (χ4n) is 0.754. The van der Waals surface area contributed by atoms with Gasteiger partial charge < -0.3 is 9.07 Å². The quantitative estimate of drug-likeness (QED) is 0.593. The number of rotatable bonds is 2. The van der Waals surface area contributed by atoms with Gasteiger partial charge in [-0.1, -0.05) is 40.4 Å². The smallest absolute Gasteiger partial charge is 0.345 e. The molecule has 0 bridgehead atoms. The Hall–Kier alpha value is 0.809. The molecule has 0 fully saturated rings. The summed E-state index contributed by atoms with van der Waals surface area (Å²) in [4.78, 5) is 0. The molecule has 0 atom stereocenters. The average Bonchev–Trinajstić information content (AvgIpc) is 1.91. The second-order valence-corrected chi connectivity index (χ2v) is 3.94. The molecule has 0 N–H and O–H groups in total. The van der Waals surface area contributed by atoms with Crippen molar-refractivity contribution in [3.63, 3.8) is 0 Å². The average molecular weight is 181 g/mol. The van der Waals surface area contributed by atoms with E-state index in [4.69, 9.17) is 9.07 Å². The highest BCUT2D eigenvalue weighted by molar-refractivity contribution is 6.93. The van der Waals surface area contributed by atoms with Crippen molar-refractivity contribution in [3.05, 3.63) is 35.9 Å². The van der Waals surface area contributed by atoms with Crippen LogP contribution in [0.1, 0.15) is 5.56 Å². The maximum atomic E-state index is 5.67. The molecule has 0 aliphatic heterocycles. The SMILES string of the molecule is [AlH3].[Cl][Mg][CH2]c1ccccc1. The molecule has 50 valence electrons. The Labute approximate surface area is 85.6 Å². The number of halogens is 1. The minimum atomic E-state index is -0.312. The van der Waals surface area contributed by atoms with Gasteiger partial charge in [-0.05, 0) is 0 Å². The molecule has 1 rings (SSSR count). The van der Waals surface area contributed by atoms with E-state index in [1.54, 1.807) is 0 Å². The molecule has 0 nitrogen and oxygen atoms in total. The Kier molecular flexibility index (Phi) is 7.04. The molecular formula is C7H10AlClMg. The van der Waals surface area contributed by atoms with E-state index in [0.29, 0.717) is 0 Å². The molecule has 0 radical (unpaired) electrons. The van der Waals surface area contributed by atoms with Gasteiger partial charge in [0.2, 0.25) is 0 Å². The topological polar surface area (TPSA) is 0 Å². The predicted molar refractivity (Wildman–Crippen MR) is 51.7 cm³/mol. The van der Waals surface area contributed by atoms with E-state index in [9.17, 15) is 0 Å². The van der Waals surface area contributed by atoms with Crippen LogP contribution in [0.15, 0.2) is 30.3 Å². The van der Waals surface area contributed by atoms with Crippen molar-refractivity contribution >= 4 is 45.7 Å². The standard InChI is InChI=1S/C7H7.Al.ClH.Mg.3H/c1-7-5-3-2-4-6-7;;;;;;/h2-6H,1H2;;1H;;;;/q;;;+1;;;/p-1. The minimum absolute atomic E-state index is 0. The first-order valence-corrected chi connectivity index (χ1v) is 6.17. The summed E-state index contributed by atoms with van der Waals surface area (Å²) in [6, 6.07) is 10.4. The summed E-state index contributed by atoms with van der Waals surface area (Å²) in [6.07, 6.45) is 0. The van der Waals surface area contributed by atoms with Gasteiger partial charge in [-0.15, -0.1) is 0 Å². The molecule has 10 heavy (non-hydrogen) atoms. The largest absolute Gasteiger partial charge is 0.505 e. The Morgan fingerprint density at radius 3 is 2.30 bits per heavy atom. The van der Waals surface area contributed by atoms with E-state index in [-0.39, 0.29) is 36.6 Å². The Balaban J connectivity index is 0.000000810. The van der Waals surface area contributed by atoms with Crippen LogP contribution in [0.4, 0.5) is 0 Å². The lowest BCUT2D eigenvalue weighted by Crippen LogP contribution is -1.86. The van der Waals surface area contributed by atoms with Crippen molar-refractivity contribution in [2.75, 3.05) is 0 Å². The van der Waals surface area contributed by atoms with E-state index in [1.807, 2.05) is 6.07 Å². The summed E-state index contributed by atoms with van der Waals surface area (Å²) < 4.78 is 1.11. The van der Waals surface area contributed by atoms with Crippen LogP contribution in [-0.4, -0.2) is 36.6 Å². The zero-order valence-corrected chi connectivity index (χ0v) is 7.35. The first-order valence-electron chi connectivity index (χ1n) is 3.03. The third kappa shape index (κ3) is 3.85. The molecule has 0 saturated carbocycles. The van der Waals surface area contributed by atoms with Gasteiger partial charge in [-0.3, -0.25) is 0 Å². The summed E-state index contributed by atoms with van der Waals surface area (Å²) >= 11 is -0.312. The van der Waals surface area contributed by atoms with Gasteiger partial charge >= 0.3 is 19.3 Å². The normalized spacial score (nSPS) is 7.70. The third-order valence-electron chi connectivity index (χ3n) is 1.23. The van der Waals surface area contributed by atoms with Crippen LogP contribution < -0.4 is 0 Å². The maximum Gasteiger partial charge on any atom is 0.505 e. The molecule has 0 saturated heterocycles. The fourth-order valence-corrected chi connectivity index (χ4v) is 1.96. The van der Waals surface area contributed by atoms with Crippen LogP contribution in [-0.2, 0) is 4.55 Å². The molecule has 0 aliphatic rings. The van der Waals surface area contributed by atoms with Crippen LogP contribution in [0.3, 0.4) is 0 Å². The summed E-state index contributed by atoms with van der Waals surface area (Å²) in [5.74, 6) is 0. The summed E-state index contributed by atoms with van der Waals surface area (Å²) in [7, 11) is 5.67. The summed E-state index contributed by atoms with van der Waals surface area (Å²) in [6.45, 7) is 0. The van der Waals surface area contributed by atoms with Crippen molar-refractivity contribution in [1.82, 2.24) is 0 Å². The molecule has 1 aromatic carbocycles. The highest BCUT2D eigenvalue weighted by atomic mass is 35.5. The molecule has 0 unspecified atom stereocenters. The van der Waals surface area contributed by atoms with Crippen LogP contribution >= 0.6 is 9.07 Å². The van der Waals surface area contributed by atoms with Gasteiger partial charge in [0.25, 0.3) is 0 Å². The van der Waals surface area contributed by atoms with Gasteiger partial charge in [0.15, 0.2) is 17.4 Å². The molecule has 0 aliphatic carbocycles. The highest BCUT2D eigenvalue weighted by Crippen LogP contribution is 1.98. The van der Waals surface area contributed by atoms with Gasteiger partial charge in [0, 0.05) is 0 Å². The van der Waals surface area contributed by atoms with Crippen LogP contribution in [0, 0.1) is 0 Å². The molecular weight excluding hydrogens is 171 g/mol. The van der Waals surface area contributed by atoms with Crippen molar-refractivity contribution in [1.29, 1.82) is 0 Å². The lowest BCUT2D eigenvalue weighted by atomic mass is 10.2. The van der Waals surface area contributed by atoms with Gasteiger partial charge in [0.1, 0.15) is 0 Å². The predicted octanol–water partition coefficient (Wildman–Crippen LogP) is 0.861. The van der Waals surface area contributed by atoms with Gasteiger partial charge in [-0.25, -0.2) is 0 Å². The van der Waals surface area contributed by atoms with Crippen molar-refractivity contribution < 1.29 is 0 Å². The zero-order valence-electron chi connectivity index (χ0n) is 5.18. The van der Waals surface area contributed by atoms with Crippen LogP contribution in [0.5, 0.6) is 0 Å². The maximum absolute atomic E-state index is 5.67. The van der Waals surface area contributed by atoms with Crippen molar-refractivity contribution in [2.45, 2.75) is 4.55 Å². The second kappa shape index (κ2) is 6.51. The molecule has 0 aromatic heterocycles. The molecule has 1 aromatic rings. The molecule has 0 spiro atoms. The van der Waals surface area contributed by atoms with E-state index in [1.165, 1.54) is 5.56 Å². The highest BCUT2D eigenvalue weighted by Gasteiger charge is 1.91. The number of benzene rings is 1. The fraction of sp³-hybridized carbons (Fsp3) is 0.143. The van der Waals surface area contributed by atoms with E-state index < -0.39 is 0 Å². The molecule has 0 heterocycles. The Bertz CT molecular complexity index is 167. The second-order valence-electron chi connectivity index (χ2n) is 1.92. The third-order valence-corrected chi connectivity index (χ3v) is 2.56. The lowest BCUT2D eigenvalue weighted by molar-refractivity contribution is 1.40. The Morgan fingerprint density at radius 1 is 1.20 bits per heavy atom. The monoisotopic (exact) mass is 180 g/mol. The minimum Gasteiger partial charge on any atom is -0.345 e. The first kappa shape index (κ1) is 10.8. The summed E-state index contributed by atoms with van der Waals surface area (Å²) in [5, 5.41) is 0. The zero-order chi connectivity index (χ0) is 6.53. The van der Waals surface area contributed by atoms with Crippen LogP contribution in [0.2, 0.25) is 0 Å². The number of hydrogen-bond acceptors (Lipinski definition) is 0. The summed E-state index contributed by atoms with van der Waals surface area (Å²) in [5.41, 5.74) is 1.37. The number of hydrogen-bond donors (Lipinski definition) is 0. The van der Waals surface area contributed by atoms with Crippen LogP contribution in [0.25, 0.3) is 0 Å². The van der Waals surface area contributed by atoms with Gasteiger partial charge in [0.05, 0.1) is 0 Å². The van der Waals surface area contributed by atoms with Crippen molar-refractivity contribution in [2.24, 2.45) is 0 Å². The van der Waals surface area contributed by atoms with E-state index in [2.05, 4.69) is 24.3 Å². The lowest BCUT2D eigenvalue weighted by Gasteiger charge is -1.92. The molecule has 0 amide bonds.